The van der Waals surface area contributed by atoms with Gasteiger partial charge in [0.15, 0.2) is 0 Å². The minimum Gasteiger partial charge on any atom is -0.375 e. The predicted molar refractivity (Wildman–Crippen MR) is 117 cm³/mol. The van der Waals surface area contributed by atoms with Crippen molar-refractivity contribution in [3.05, 3.63) is 15.6 Å². The van der Waals surface area contributed by atoms with Crippen LogP contribution in [0.4, 0.5) is 0 Å². The number of nitrogens with zero attached hydrogens (tertiary/aromatic N) is 4. The van der Waals surface area contributed by atoms with Crippen molar-refractivity contribution >= 4 is 17.2 Å². The number of likely N-dealkylation sites (tertiary alicyclic amines) is 1. The number of hydrogen-bond acceptors (Lipinski definition) is 6. The number of aryl methyl sites for hydroxylation is 2. The third-order valence-electron chi connectivity index (χ3n) is 7.12. The molecule has 1 atom stereocenters. The number of amides is 1. The van der Waals surface area contributed by atoms with Crippen LogP contribution in [0.1, 0.15) is 59.9 Å². The molecule has 3 saturated heterocycles. The molecule has 4 rings (SSSR count). The van der Waals surface area contributed by atoms with Gasteiger partial charge in [-0.1, -0.05) is 0 Å². The fourth-order valence-corrected chi connectivity index (χ4v) is 6.16. The van der Waals surface area contributed by atoms with E-state index in [1.807, 2.05) is 18.7 Å². The molecule has 1 aromatic heterocycles. The smallest absolute Gasteiger partial charge is 0.265 e. The highest BCUT2D eigenvalue weighted by Gasteiger charge is 2.43. The first-order chi connectivity index (χ1) is 13.9. The van der Waals surface area contributed by atoms with Gasteiger partial charge in [0.05, 0.1) is 16.3 Å². The summed E-state index contributed by atoms with van der Waals surface area (Å²) in [7, 11) is 0. The van der Waals surface area contributed by atoms with Gasteiger partial charge >= 0.3 is 0 Å². The highest BCUT2D eigenvalue weighted by molar-refractivity contribution is 7.13. The predicted octanol–water partition coefficient (Wildman–Crippen LogP) is 2.94. The summed E-state index contributed by atoms with van der Waals surface area (Å²) in [6, 6.07) is 1.28. The molecule has 6 nitrogen and oxygen atoms in total. The summed E-state index contributed by atoms with van der Waals surface area (Å²) in [5.41, 5.74) is 0.834. The second kappa shape index (κ2) is 8.61. The maximum Gasteiger partial charge on any atom is 0.265 e. The Morgan fingerprint density at radius 3 is 2.41 bits per heavy atom. The Kier molecular flexibility index (Phi) is 6.30. The summed E-state index contributed by atoms with van der Waals surface area (Å²) in [4.78, 5) is 25.5. The zero-order chi connectivity index (χ0) is 20.6. The lowest BCUT2D eigenvalue weighted by Crippen LogP contribution is -2.58. The molecule has 1 amide bonds. The summed E-state index contributed by atoms with van der Waals surface area (Å²) in [6.45, 7) is 15.7. The van der Waals surface area contributed by atoms with Crippen LogP contribution >= 0.6 is 11.3 Å². The molecule has 0 bridgehead atoms. The van der Waals surface area contributed by atoms with E-state index in [0.29, 0.717) is 12.1 Å². The largest absolute Gasteiger partial charge is 0.375 e. The minimum atomic E-state index is -0.0342. The molecule has 0 aromatic carbocycles. The normalized spacial score (nSPS) is 26.4. The molecule has 3 fully saturated rings. The molecular weight excluding hydrogens is 384 g/mol. The molecule has 0 N–H and O–H groups in total. The third kappa shape index (κ3) is 4.53. The molecule has 0 unspecified atom stereocenters. The number of piperidine rings is 1. The molecule has 1 aromatic rings. The van der Waals surface area contributed by atoms with Crippen molar-refractivity contribution in [1.82, 2.24) is 19.7 Å². The van der Waals surface area contributed by atoms with Crippen LogP contribution in [0.15, 0.2) is 0 Å². The van der Waals surface area contributed by atoms with Gasteiger partial charge in [0, 0.05) is 58.0 Å². The standard InChI is InChI=1S/C22H36N4O2S/c1-16(2)24-10-12-25(13-11-24)19-5-14-28-22(15-19)6-8-26(9-7-22)21(27)20-17(3)23-18(4)29-20/h16,19H,5-15H2,1-4H3/t19-/m1/s1. The van der Waals surface area contributed by atoms with Crippen molar-refractivity contribution in [3.63, 3.8) is 0 Å². The second-order valence-corrected chi connectivity index (χ2v) is 10.5. The van der Waals surface area contributed by atoms with Gasteiger partial charge in [-0.2, -0.15) is 0 Å². The molecule has 162 valence electrons. The Bertz CT molecular complexity index is 718. The average Bonchev–Trinajstić information content (AvgIpc) is 3.06. The summed E-state index contributed by atoms with van der Waals surface area (Å²) >= 11 is 1.52. The van der Waals surface area contributed by atoms with Crippen LogP contribution in [0, 0.1) is 13.8 Å². The maximum absolute atomic E-state index is 12.9. The van der Waals surface area contributed by atoms with Gasteiger partial charge in [0.2, 0.25) is 0 Å². The Hall–Kier alpha value is -1.02. The van der Waals surface area contributed by atoms with Crippen molar-refractivity contribution in [2.24, 2.45) is 0 Å². The van der Waals surface area contributed by atoms with Crippen molar-refractivity contribution in [3.8, 4) is 0 Å². The fourth-order valence-electron chi connectivity index (χ4n) is 5.27. The van der Waals surface area contributed by atoms with Gasteiger partial charge in [-0.25, -0.2) is 4.98 Å². The van der Waals surface area contributed by atoms with Gasteiger partial charge in [0.25, 0.3) is 5.91 Å². The molecule has 0 radical (unpaired) electrons. The summed E-state index contributed by atoms with van der Waals surface area (Å²) < 4.78 is 6.36. The van der Waals surface area contributed by atoms with Crippen molar-refractivity contribution in [2.75, 3.05) is 45.9 Å². The van der Waals surface area contributed by atoms with Crippen LogP contribution in [0.5, 0.6) is 0 Å². The highest BCUT2D eigenvalue weighted by atomic mass is 32.1. The van der Waals surface area contributed by atoms with Crippen molar-refractivity contribution in [2.45, 2.75) is 71.1 Å². The first-order valence-electron chi connectivity index (χ1n) is 11.2. The quantitative estimate of drug-likeness (QED) is 0.753. The first kappa shape index (κ1) is 21.2. The van der Waals surface area contributed by atoms with E-state index in [9.17, 15) is 4.79 Å². The monoisotopic (exact) mass is 420 g/mol. The van der Waals surface area contributed by atoms with Crippen molar-refractivity contribution < 1.29 is 9.53 Å². The van der Waals surface area contributed by atoms with Gasteiger partial charge < -0.3 is 9.64 Å². The fraction of sp³-hybridized carbons (Fsp3) is 0.818. The van der Waals surface area contributed by atoms with Crippen LogP contribution in [-0.4, -0.2) is 89.2 Å². The molecule has 29 heavy (non-hydrogen) atoms. The van der Waals surface area contributed by atoms with Crippen LogP contribution in [-0.2, 0) is 4.74 Å². The number of piperazine rings is 1. The number of aromatic nitrogens is 1. The van der Waals surface area contributed by atoms with E-state index in [2.05, 4.69) is 28.6 Å². The topological polar surface area (TPSA) is 48.9 Å². The van der Waals surface area contributed by atoms with E-state index in [1.165, 1.54) is 37.5 Å². The number of carbonyl (C=O) groups excluding carboxylic acids is 1. The Balaban J connectivity index is 1.33. The van der Waals surface area contributed by atoms with E-state index < -0.39 is 0 Å². The Labute approximate surface area is 179 Å². The molecule has 3 aliphatic rings. The molecule has 0 saturated carbocycles. The molecule has 1 spiro atoms. The SMILES string of the molecule is Cc1nc(C)c(C(=O)N2CCC3(CC2)C[C@H](N2CCN(C(C)C)CC2)CCO3)s1. The molecule has 4 heterocycles. The van der Waals surface area contributed by atoms with Crippen LogP contribution in [0.2, 0.25) is 0 Å². The lowest BCUT2D eigenvalue weighted by Gasteiger charge is -2.50. The van der Waals surface area contributed by atoms with Crippen LogP contribution in [0.3, 0.4) is 0 Å². The van der Waals surface area contributed by atoms with Gasteiger partial charge in [-0.05, 0) is 53.4 Å². The first-order valence-corrected chi connectivity index (χ1v) is 12.0. The van der Waals surface area contributed by atoms with E-state index in [4.69, 9.17) is 4.74 Å². The molecule has 3 aliphatic heterocycles. The number of thiazole rings is 1. The van der Waals surface area contributed by atoms with Crippen LogP contribution < -0.4 is 0 Å². The Morgan fingerprint density at radius 2 is 1.83 bits per heavy atom. The molecule has 7 heteroatoms. The van der Waals surface area contributed by atoms with Gasteiger partial charge in [-0.15, -0.1) is 11.3 Å². The lowest BCUT2D eigenvalue weighted by molar-refractivity contribution is -0.132. The van der Waals surface area contributed by atoms with Gasteiger partial charge in [0.1, 0.15) is 4.88 Å². The Morgan fingerprint density at radius 1 is 1.14 bits per heavy atom. The molecule has 0 aliphatic carbocycles. The van der Waals surface area contributed by atoms with E-state index in [1.54, 1.807) is 0 Å². The van der Waals surface area contributed by atoms with E-state index in [-0.39, 0.29) is 11.5 Å². The van der Waals surface area contributed by atoms with Crippen LogP contribution in [0.25, 0.3) is 0 Å². The summed E-state index contributed by atoms with van der Waals surface area (Å²) in [6.07, 6.45) is 4.18. The maximum atomic E-state index is 12.9. The zero-order valence-electron chi connectivity index (χ0n) is 18.4. The highest BCUT2D eigenvalue weighted by Crippen LogP contribution is 2.37. The summed E-state index contributed by atoms with van der Waals surface area (Å²) in [5, 5.41) is 0.968. The summed E-state index contributed by atoms with van der Waals surface area (Å²) in [5.74, 6) is 0.153. The molecular formula is C22H36N4O2S. The van der Waals surface area contributed by atoms with Crippen molar-refractivity contribution in [1.29, 1.82) is 0 Å². The second-order valence-electron chi connectivity index (χ2n) is 9.28. The third-order valence-corrected chi connectivity index (χ3v) is 8.18. The number of carbonyl (C=O) groups is 1. The zero-order valence-corrected chi connectivity index (χ0v) is 19.3. The lowest BCUT2D eigenvalue weighted by atomic mass is 9.81. The van der Waals surface area contributed by atoms with E-state index in [0.717, 1.165) is 61.0 Å². The number of hydrogen-bond donors (Lipinski definition) is 0. The minimum absolute atomic E-state index is 0.0342. The average molecular weight is 421 g/mol. The van der Waals surface area contributed by atoms with Gasteiger partial charge in [-0.3, -0.25) is 14.6 Å². The number of rotatable bonds is 3. The van der Waals surface area contributed by atoms with E-state index >= 15 is 0 Å². The number of ether oxygens (including phenoxy) is 1.